The van der Waals surface area contributed by atoms with Crippen molar-refractivity contribution in [3.63, 3.8) is 0 Å². The molecule has 0 saturated carbocycles. The highest BCUT2D eigenvalue weighted by Gasteiger charge is 2.12. The summed E-state index contributed by atoms with van der Waals surface area (Å²) in [6.45, 7) is 3.92. The van der Waals surface area contributed by atoms with Crippen LogP contribution in [-0.4, -0.2) is 10.9 Å². The maximum atomic E-state index is 11.6. The van der Waals surface area contributed by atoms with E-state index in [1.165, 1.54) is 12.1 Å². The molecular formula is C11H13ClO2. The number of phenolic OH excluding ortho intramolecular Hbond substituents is 1. The van der Waals surface area contributed by atoms with Crippen LogP contribution in [0, 0.1) is 5.92 Å². The molecule has 0 radical (unpaired) electrons. The number of phenols is 1. The monoisotopic (exact) mass is 212 g/mol. The Labute approximate surface area is 88.5 Å². The molecule has 1 aromatic rings. The minimum atomic E-state index is -0.0694. The summed E-state index contributed by atoms with van der Waals surface area (Å²) >= 11 is 5.73. The lowest BCUT2D eigenvalue weighted by molar-refractivity contribution is 0.0965. The summed E-state index contributed by atoms with van der Waals surface area (Å²) in [4.78, 5) is 11.6. The van der Waals surface area contributed by atoms with Gasteiger partial charge in [0.05, 0.1) is 5.56 Å². The van der Waals surface area contributed by atoms with E-state index in [0.717, 1.165) is 0 Å². The first-order chi connectivity index (χ1) is 6.50. The van der Waals surface area contributed by atoms with Crippen molar-refractivity contribution in [2.75, 3.05) is 0 Å². The Morgan fingerprint density at radius 3 is 2.71 bits per heavy atom. The molecule has 0 unspecified atom stereocenters. The molecule has 0 amide bonds. The molecule has 1 rings (SSSR count). The third-order valence-corrected chi connectivity index (χ3v) is 2.09. The van der Waals surface area contributed by atoms with E-state index in [9.17, 15) is 9.90 Å². The second kappa shape index (κ2) is 4.47. The molecule has 0 atom stereocenters. The zero-order valence-electron chi connectivity index (χ0n) is 8.25. The Bertz CT molecular complexity index is 345. The lowest BCUT2D eigenvalue weighted by Gasteiger charge is -2.06. The van der Waals surface area contributed by atoms with Gasteiger partial charge in [0.15, 0.2) is 5.78 Å². The molecule has 0 aromatic heterocycles. The SMILES string of the molecule is CC(C)CC(=O)c1cc(Cl)ccc1O. The molecule has 0 spiro atoms. The molecule has 14 heavy (non-hydrogen) atoms. The lowest BCUT2D eigenvalue weighted by Crippen LogP contribution is -2.03. The van der Waals surface area contributed by atoms with Gasteiger partial charge in [-0.3, -0.25) is 4.79 Å². The van der Waals surface area contributed by atoms with Gasteiger partial charge in [-0.2, -0.15) is 0 Å². The number of ketones is 1. The van der Waals surface area contributed by atoms with Crippen molar-refractivity contribution in [2.24, 2.45) is 5.92 Å². The molecule has 0 bridgehead atoms. The van der Waals surface area contributed by atoms with Crippen molar-refractivity contribution < 1.29 is 9.90 Å². The van der Waals surface area contributed by atoms with Crippen molar-refractivity contribution in [2.45, 2.75) is 20.3 Å². The molecule has 0 heterocycles. The van der Waals surface area contributed by atoms with E-state index in [4.69, 9.17) is 11.6 Å². The fraction of sp³-hybridized carbons (Fsp3) is 0.364. The number of halogens is 1. The van der Waals surface area contributed by atoms with Gasteiger partial charge in [-0.05, 0) is 24.1 Å². The van der Waals surface area contributed by atoms with Gasteiger partial charge in [0.1, 0.15) is 5.75 Å². The van der Waals surface area contributed by atoms with Crippen LogP contribution in [0.5, 0.6) is 5.75 Å². The Morgan fingerprint density at radius 2 is 2.14 bits per heavy atom. The van der Waals surface area contributed by atoms with E-state index >= 15 is 0 Å². The van der Waals surface area contributed by atoms with E-state index in [1.54, 1.807) is 6.07 Å². The largest absolute Gasteiger partial charge is 0.507 e. The highest BCUT2D eigenvalue weighted by molar-refractivity contribution is 6.31. The average molecular weight is 213 g/mol. The second-order valence-corrected chi connectivity index (χ2v) is 4.12. The first-order valence-corrected chi connectivity index (χ1v) is 4.90. The molecule has 0 saturated heterocycles. The minimum Gasteiger partial charge on any atom is -0.507 e. The van der Waals surface area contributed by atoms with Crippen molar-refractivity contribution in [1.82, 2.24) is 0 Å². The molecule has 0 aliphatic rings. The number of carbonyl (C=O) groups excluding carboxylic acids is 1. The summed E-state index contributed by atoms with van der Waals surface area (Å²) in [5.41, 5.74) is 0.311. The van der Waals surface area contributed by atoms with Crippen LogP contribution in [0.15, 0.2) is 18.2 Å². The number of hydrogen-bond acceptors (Lipinski definition) is 2. The van der Waals surface area contributed by atoms with Crippen LogP contribution < -0.4 is 0 Å². The number of benzene rings is 1. The van der Waals surface area contributed by atoms with Gasteiger partial charge >= 0.3 is 0 Å². The number of Topliss-reactive ketones (excluding diaryl/α,β-unsaturated/α-hetero) is 1. The topological polar surface area (TPSA) is 37.3 Å². The van der Waals surface area contributed by atoms with Crippen LogP contribution in [0.2, 0.25) is 5.02 Å². The minimum absolute atomic E-state index is 0.0000463. The summed E-state index contributed by atoms with van der Waals surface area (Å²) in [5.74, 6) is 0.209. The molecule has 0 aliphatic heterocycles. The van der Waals surface area contributed by atoms with E-state index in [-0.39, 0.29) is 17.5 Å². The Hall–Kier alpha value is -1.02. The standard InChI is InChI=1S/C11H13ClO2/c1-7(2)5-11(14)9-6-8(12)3-4-10(9)13/h3-4,6-7,13H,5H2,1-2H3. The molecule has 76 valence electrons. The van der Waals surface area contributed by atoms with Crippen LogP contribution in [-0.2, 0) is 0 Å². The first-order valence-electron chi connectivity index (χ1n) is 4.52. The predicted molar refractivity (Wildman–Crippen MR) is 56.9 cm³/mol. The van der Waals surface area contributed by atoms with Gasteiger partial charge in [-0.15, -0.1) is 0 Å². The first kappa shape index (κ1) is 11.1. The Balaban J connectivity index is 2.94. The molecule has 3 heteroatoms. The fourth-order valence-electron chi connectivity index (χ4n) is 1.21. The van der Waals surface area contributed by atoms with Crippen LogP contribution in [0.25, 0.3) is 0 Å². The summed E-state index contributed by atoms with van der Waals surface area (Å²) in [7, 11) is 0. The molecule has 0 fully saturated rings. The zero-order valence-corrected chi connectivity index (χ0v) is 9.01. The number of hydrogen-bond donors (Lipinski definition) is 1. The lowest BCUT2D eigenvalue weighted by atomic mass is 10.0. The van der Waals surface area contributed by atoms with Gasteiger partial charge in [0.25, 0.3) is 0 Å². The fourth-order valence-corrected chi connectivity index (χ4v) is 1.38. The highest BCUT2D eigenvalue weighted by Crippen LogP contribution is 2.23. The second-order valence-electron chi connectivity index (χ2n) is 3.68. The van der Waals surface area contributed by atoms with Crippen molar-refractivity contribution in [3.05, 3.63) is 28.8 Å². The number of aromatic hydroxyl groups is 1. The van der Waals surface area contributed by atoms with Crippen LogP contribution in [0.3, 0.4) is 0 Å². The summed E-state index contributed by atoms with van der Waals surface area (Å²) in [6, 6.07) is 4.50. The zero-order chi connectivity index (χ0) is 10.7. The molecule has 1 N–H and O–H groups in total. The molecule has 1 aromatic carbocycles. The van der Waals surface area contributed by atoms with Gasteiger partial charge in [0, 0.05) is 11.4 Å². The molecule has 2 nitrogen and oxygen atoms in total. The van der Waals surface area contributed by atoms with E-state index in [2.05, 4.69) is 0 Å². The average Bonchev–Trinajstić information content (AvgIpc) is 2.08. The van der Waals surface area contributed by atoms with Crippen molar-refractivity contribution in [3.8, 4) is 5.75 Å². The third kappa shape index (κ3) is 2.74. The van der Waals surface area contributed by atoms with Crippen molar-refractivity contribution in [1.29, 1.82) is 0 Å². The van der Waals surface area contributed by atoms with Gasteiger partial charge in [-0.1, -0.05) is 25.4 Å². The van der Waals surface area contributed by atoms with Crippen LogP contribution >= 0.6 is 11.6 Å². The maximum absolute atomic E-state index is 11.6. The van der Waals surface area contributed by atoms with E-state index in [1.807, 2.05) is 13.8 Å². The van der Waals surface area contributed by atoms with E-state index in [0.29, 0.717) is 17.0 Å². The van der Waals surface area contributed by atoms with Gasteiger partial charge in [-0.25, -0.2) is 0 Å². The predicted octanol–water partition coefficient (Wildman–Crippen LogP) is 3.27. The quantitative estimate of drug-likeness (QED) is 0.781. The van der Waals surface area contributed by atoms with Gasteiger partial charge < -0.3 is 5.11 Å². The summed E-state index contributed by atoms with van der Waals surface area (Å²) < 4.78 is 0. The normalized spacial score (nSPS) is 10.6. The molecular weight excluding hydrogens is 200 g/mol. The Morgan fingerprint density at radius 1 is 1.50 bits per heavy atom. The smallest absolute Gasteiger partial charge is 0.166 e. The number of rotatable bonds is 3. The van der Waals surface area contributed by atoms with Crippen LogP contribution in [0.1, 0.15) is 30.6 Å². The summed E-state index contributed by atoms with van der Waals surface area (Å²) in [6.07, 6.45) is 0.425. The van der Waals surface area contributed by atoms with Gasteiger partial charge in [0.2, 0.25) is 0 Å². The van der Waals surface area contributed by atoms with E-state index < -0.39 is 0 Å². The number of carbonyl (C=O) groups is 1. The molecule has 0 aliphatic carbocycles. The highest BCUT2D eigenvalue weighted by atomic mass is 35.5. The Kier molecular flexibility index (Phi) is 3.53. The third-order valence-electron chi connectivity index (χ3n) is 1.85. The van der Waals surface area contributed by atoms with Crippen molar-refractivity contribution >= 4 is 17.4 Å². The summed E-state index contributed by atoms with van der Waals surface area (Å²) in [5, 5.41) is 9.91. The van der Waals surface area contributed by atoms with Crippen LogP contribution in [0.4, 0.5) is 0 Å². The maximum Gasteiger partial charge on any atom is 0.166 e.